The first-order valence-corrected chi connectivity index (χ1v) is 4.48. The lowest BCUT2D eigenvalue weighted by Gasteiger charge is -2.10. The van der Waals surface area contributed by atoms with Crippen LogP contribution in [0.25, 0.3) is 4.85 Å². The van der Waals surface area contributed by atoms with Gasteiger partial charge in [-0.1, -0.05) is 0 Å². The minimum absolute atomic E-state index is 0.0327. The number of hydrogen-bond acceptors (Lipinski definition) is 1. The van der Waals surface area contributed by atoms with Gasteiger partial charge in [-0.25, -0.2) is 4.85 Å². The predicted octanol–water partition coefficient (Wildman–Crippen LogP) is 3.44. The van der Waals surface area contributed by atoms with Crippen molar-refractivity contribution in [2.75, 3.05) is 5.73 Å². The van der Waals surface area contributed by atoms with E-state index in [1.807, 2.05) is 0 Å². The number of rotatable bonds is 0. The monoisotopic (exact) mass is 312 g/mol. The lowest BCUT2D eigenvalue weighted by atomic mass is 10.1. The van der Waals surface area contributed by atoms with Crippen LogP contribution in [-0.4, -0.2) is 0 Å². The third-order valence-electron chi connectivity index (χ3n) is 1.54. The van der Waals surface area contributed by atoms with Gasteiger partial charge in [-0.05, 0) is 34.7 Å². The molecule has 14 heavy (non-hydrogen) atoms. The Hall–Kier alpha value is -0.970. The Kier molecular flexibility index (Phi) is 2.89. The molecule has 0 saturated heterocycles. The molecule has 0 aliphatic heterocycles. The molecule has 0 saturated carbocycles. The molecule has 0 heterocycles. The molecule has 1 rings (SSSR count). The van der Waals surface area contributed by atoms with E-state index < -0.39 is 17.4 Å². The van der Waals surface area contributed by atoms with E-state index in [-0.39, 0.29) is 5.69 Å². The molecular weight excluding hydrogens is 308 g/mol. The van der Waals surface area contributed by atoms with Crippen molar-refractivity contribution >= 4 is 34.0 Å². The summed E-state index contributed by atoms with van der Waals surface area (Å²) in [5.41, 5.74) is 3.96. The third-order valence-corrected chi connectivity index (χ3v) is 2.48. The highest BCUT2D eigenvalue weighted by atomic mass is 127. The molecule has 2 N–H and O–H groups in total. The number of nitrogens with zero attached hydrogens (tertiary/aromatic N) is 1. The van der Waals surface area contributed by atoms with Crippen LogP contribution in [0.4, 0.5) is 24.5 Å². The zero-order valence-electron chi connectivity index (χ0n) is 6.69. The first-order chi connectivity index (χ1) is 6.36. The van der Waals surface area contributed by atoms with E-state index in [2.05, 4.69) is 4.85 Å². The van der Waals surface area contributed by atoms with Crippen LogP contribution < -0.4 is 5.73 Å². The number of alkyl halides is 3. The molecule has 0 unspecified atom stereocenters. The van der Waals surface area contributed by atoms with Gasteiger partial charge in [0, 0.05) is 9.26 Å². The Morgan fingerprint density at radius 1 is 1.36 bits per heavy atom. The SMILES string of the molecule is [C-]#[N+]c1cc(I)c(N)cc1C(F)(F)F. The molecule has 2 nitrogen and oxygen atoms in total. The van der Waals surface area contributed by atoms with E-state index in [1.165, 1.54) is 0 Å². The van der Waals surface area contributed by atoms with Crippen LogP contribution >= 0.6 is 22.6 Å². The quantitative estimate of drug-likeness (QED) is 0.444. The van der Waals surface area contributed by atoms with Gasteiger partial charge in [-0.15, -0.1) is 0 Å². The Bertz CT molecular complexity index is 406. The van der Waals surface area contributed by atoms with Crippen molar-refractivity contribution in [1.29, 1.82) is 0 Å². The molecule has 0 radical (unpaired) electrons. The van der Waals surface area contributed by atoms with Crippen molar-refractivity contribution in [3.63, 3.8) is 0 Å². The van der Waals surface area contributed by atoms with Crippen LogP contribution in [-0.2, 0) is 6.18 Å². The summed E-state index contributed by atoms with van der Waals surface area (Å²) in [6.45, 7) is 6.61. The van der Waals surface area contributed by atoms with Gasteiger partial charge in [0.05, 0.1) is 12.1 Å². The molecule has 74 valence electrons. The van der Waals surface area contributed by atoms with Crippen molar-refractivity contribution in [2.45, 2.75) is 6.18 Å². The first kappa shape index (κ1) is 11.1. The van der Waals surface area contributed by atoms with Gasteiger partial charge in [0.15, 0.2) is 5.69 Å². The highest BCUT2D eigenvalue weighted by molar-refractivity contribution is 14.1. The number of nitrogens with two attached hydrogens (primary N) is 1. The number of anilines is 1. The number of hydrogen-bond donors (Lipinski definition) is 1. The molecule has 0 spiro atoms. The second-order valence-electron chi connectivity index (χ2n) is 2.50. The van der Waals surface area contributed by atoms with Gasteiger partial charge in [0.2, 0.25) is 0 Å². The highest BCUT2D eigenvalue weighted by Gasteiger charge is 2.33. The van der Waals surface area contributed by atoms with E-state index in [0.717, 1.165) is 12.1 Å². The Morgan fingerprint density at radius 2 is 1.93 bits per heavy atom. The van der Waals surface area contributed by atoms with Gasteiger partial charge in [-0.2, -0.15) is 13.2 Å². The zero-order chi connectivity index (χ0) is 10.9. The lowest BCUT2D eigenvalue weighted by Crippen LogP contribution is -2.06. The summed E-state index contributed by atoms with van der Waals surface area (Å²) in [5.74, 6) is 0. The summed E-state index contributed by atoms with van der Waals surface area (Å²) in [4.78, 5) is 2.81. The summed E-state index contributed by atoms with van der Waals surface area (Å²) in [7, 11) is 0. The fourth-order valence-corrected chi connectivity index (χ4v) is 1.35. The van der Waals surface area contributed by atoms with Crippen molar-refractivity contribution in [3.05, 3.63) is 32.7 Å². The normalized spacial score (nSPS) is 11.1. The zero-order valence-corrected chi connectivity index (χ0v) is 8.85. The number of benzene rings is 1. The smallest absolute Gasteiger partial charge is 0.398 e. The van der Waals surface area contributed by atoms with Crippen LogP contribution in [0.15, 0.2) is 12.1 Å². The Balaban J connectivity index is 3.45. The summed E-state index contributed by atoms with van der Waals surface area (Å²) < 4.78 is 37.5. The van der Waals surface area contributed by atoms with Gasteiger partial charge in [0.25, 0.3) is 0 Å². The van der Waals surface area contributed by atoms with Crippen molar-refractivity contribution in [3.8, 4) is 0 Å². The largest absolute Gasteiger partial charge is 0.407 e. The fraction of sp³-hybridized carbons (Fsp3) is 0.125. The Morgan fingerprint density at radius 3 is 2.36 bits per heavy atom. The van der Waals surface area contributed by atoms with Gasteiger partial charge >= 0.3 is 6.18 Å². The van der Waals surface area contributed by atoms with Gasteiger partial charge in [0.1, 0.15) is 0 Å². The molecule has 0 atom stereocenters. The number of halogens is 4. The molecule has 0 aliphatic rings. The second kappa shape index (κ2) is 3.65. The summed E-state index contributed by atoms with van der Waals surface area (Å²) >= 11 is 1.78. The lowest BCUT2D eigenvalue weighted by molar-refractivity contribution is -0.136. The van der Waals surface area contributed by atoms with Gasteiger partial charge in [-0.3, -0.25) is 0 Å². The average Bonchev–Trinajstić information content (AvgIpc) is 2.07. The molecule has 6 heteroatoms. The molecule has 0 aromatic heterocycles. The van der Waals surface area contributed by atoms with Crippen LogP contribution in [0.1, 0.15) is 5.56 Å². The molecule has 1 aromatic carbocycles. The molecule has 0 aliphatic carbocycles. The summed E-state index contributed by atoms with van der Waals surface area (Å²) in [6.07, 6.45) is -4.53. The third kappa shape index (κ3) is 2.09. The fourth-order valence-electron chi connectivity index (χ4n) is 0.899. The van der Waals surface area contributed by atoms with E-state index in [4.69, 9.17) is 12.3 Å². The van der Waals surface area contributed by atoms with Crippen molar-refractivity contribution < 1.29 is 13.2 Å². The summed E-state index contributed by atoms with van der Waals surface area (Å²) in [5, 5.41) is 0. The topological polar surface area (TPSA) is 30.4 Å². The maximum atomic E-state index is 12.3. The minimum Gasteiger partial charge on any atom is -0.398 e. The Labute approximate surface area is 91.9 Å². The van der Waals surface area contributed by atoms with Crippen molar-refractivity contribution in [2.24, 2.45) is 0 Å². The van der Waals surface area contributed by atoms with Crippen LogP contribution in [0.2, 0.25) is 0 Å². The standard InChI is InChI=1S/C8H4F3IN2/c1-14-7-3-5(12)6(13)2-4(7)8(9,10)11/h2-3H,13H2. The van der Waals surface area contributed by atoms with E-state index >= 15 is 0 Å². The molecule has 0 amide bonds. The first-order valence-electron chi connectivity index (χ1n) is 3.40. The van der Waals surface area contributed by atoms with E-state index in [9.17, 15) is 13.2 Å². The predicted molar refractivity (Wildman–Crippen MR) is 54.8 cm³/mol. The van der Waals surface area contributed by atoms with Gasteiger partial charge < -0.3 is 5.73 Å². The van der Waals surface area contributed by atoms with Crippen LogP contribution in [0.5, 0.6) is 0 Å². The molecule has 1 aromatic rings. The van der Waals surface area contributed by atoms with E-state index in [1.54, 1.807) is 22.6 Å². The van der Waals surface area contributed by atoms with E-state index in [0.29, 0.717) is 3.57 Å². The molecule has 0 bridgehead atoms. The highest BCUT2D eigenvalue weighted by Crippen LogP contribution is 2.39. The van der Waals surface area contributed by atoms with Crippen LogP contribution in [0.3, 0.4) is 0 Å². The minimum atomic E-state index is -4.53. The van der Waals surface area contributed by atoms with Crippen molar-refractivity contribution in [1.82, 2.24) is 0 Å². The average molecular weight is 312 g/mol. The molecule has 0 fully saturated rings. The molecular formula is C8H4F3IN2. The number of nitrogen functional groups attached to an aromatic ring is 1. The summed E-state index contributed by atoms with van der Waals surface area (Å²) in [6, 6.07) is 1.92. The maximum Gasteiger partial charge on any atom is 0.407 e. The second-order valence-corrected chi connectivity index (χ2v) is 3.66. The maximum absolute atomic E-state index is 12.3. The van der Waals surface area contributed by atoms with Crippen LogP contribution in [0, 0.1) is 10.1 Å².